The van der Waals surface area contributed by atoms with Crippen LogP contribution in [-0.4, -0.2) is 11.2 Å². The molecule has 0 unspecified atom stereocenters. The highest BCUT2D eigenvalue weighted by molar-refractivity contribution is 5.36. The lowest BCUT2D eigenvalue weighted by molar-refractivity contribution is 0.0590. The van der Waals surface area contributed by atoms with Crippen LogP contribution in [0.15, 0.2) is 0 Å². The van der Waals surface area contributed by atoms with Crippen molar-refractivity contribution in [2.24, 2.45) is 41.4 Å². The van der Waals surface area contributed by atoms with Crippen molar-refractivity contribution in [2.45, 2.75) is 6.10 Å². The summed E-state index contributed by atoms with van der Waals surface area (Å²) < 4.78 is 0. The molecule has 11 heavy (non-hydrogen) atoms. The third kappa shape index (κ3) is 0.337. The number of hydrogen-bond acceptors (Lipinski definition) is 2. The van der Waals surface area contributed by atoms with Crippen molar-refractivity contribution in [3.05, 3.63) is 0 Å². The number of fused-ring (bicyclic) bond motifs is 4. The van der Waals surface area contributed by atoms with Crippen molar-refractivity contribution in [3.8, 4) is 6.07 Å². The van der Waals surface area contributed by atoms with Crippen LogP contribution in [0, 0.1) is 52.8 Å². The van der Waals surface area contributed by atoms with E-state index in [2.05, 4.69) is 6.07 Å². The minimum atomic E-state index is -0.0929. The molecule has 0 aromatic heterocycles. The Bertz CT molecular complexity index is 280. The second-order valence-electron chi connectivity index (χ2n) is 4.61. The summed E-state index contributed by atoms with van der Waals surface area (Å²) in [5.74, 6) is 4.50. The molecule has 2 heteroatoms. The quantitative estimate of drug-likeness (QED) is 0.533. The highest BCUT2D eigenvalue weighted by Crippen LogP contribution is 2.87. The highest BCUT2D eigenvalue weighted by atomic mass is 16.3. The molecule has 0 spiro atoms. The molecule has 2 nitrogen and oxygen atoms in total. The molecule has 0 aromatic rings. The van der Waals surface area contributed by atoms with Gasteiger partial charge >= 0.3 is 0 Å². The lowest BCUT2D eigenvalue weighted by Gasteiger charge is -2.23. The second kappa shape index (κ2) is 1.13. The predicted molar refractivity (Wildman–Crippen MR) is 36.0 cm³/mol. The normalized spacial score (nSPS) is 79.3. The summed E-state index contributed by atoms with van der Waals surface area (Å²) in [4.78, 5) is 0. The van der Waals surface area contributed by atoms with E-state index in [9.17, 15) is 5.11 Å². The van der Waals surface area contributed by atoms with Crippen molar-refractivity contribution in [2.75, 3.05) is 0 Å². The van der Waals surface area contributed by atoms with Crippen LogP contribution in [0.5, 0.6) is 0 Å². The zero-order chi connectivity index (χ0) is 7.33. The first-order valence-electron chi connectivity index (χ1n) is 4.44. The summed E-state index contributed by atoms with van der Waals surface area (Å²) >= 11 is 0. The van der Waals surface area contributed by atoms with Crippen molar-refractivity contribution in [1.82, 2.24) is 0 Å². The number of rotatable bonds is 0. The smallest absolute Gasteiger partial charge is 0.0663 e. The van der Waals surface area contributed by atoms with E-state index < -0.39 is 0 Å². The molecule has 0 aliphatic heterocycles. The van der Waals surface area contributed by atoms with E-state index in [0.29, 0.717) is 17.8 Å². The zero-order valence-corrected chi connectivity index (χ0v) is 6.01. The Kier molecular flexibility index (Phi) is 0.529. The lowest BCUT2D eigenvalue weighted by Crippen LogP contribution is -2.27. The van der Waals surface area contributed by atoms with Crippen LogP contribution >= 0.6 is 0 Å². The van der Waals surface area contributed by atoms with E-state index in [-0.39, 0.29) is 12.0 Å². The summed E-state index contributed by atoms with van der Waals surface area (Å²) in [6.45, 7) is 0. The van der Waals surface area contributed by atoms with Crippen LogP contribution in [0.2, 0.25) is 0 Å². The van der Waals surface area contributed by atoms with Crippen molar-refractivity contribution < 1.29 is 5.11 Å². The van der Waals surface area contributed by atoms with Crippen LogP contribution in [-0.2, 0) is 0 Å². The monoisotopic (exact) mass is 147 g/mol. The maximum Gasteiger partial charge on any atom is 0.0663 e. The van der Waals surface area contributed by atoms with Crippen molar-refractivity contribution >= 4 is 0 Å². The van der Waals surface area contributed by atoms with Crippen molar-refractivity contribution in [1.29, 1.82) is 5.26 Å². The molecule has 0 radical (unpaired) electrons. The number of aliphatic hydroxyl groups excluding tert-OH is 1. The fourth-order valence-corrected chi connectivity index (χ4v) is 3.83. The Morgan fingerprint density at radius 2 is 1.55 bits per heavy atom. The average Bonchev–Trinajstić information content (AvgIpc) is 2.84. The molecule has 4 fully saturated rings. The fourth-order valence-electron chi connectivity index (χ4n) is 3.83. The van der Waals surface area contributed by atoms with Crippen LogP contribution in [0.25, 0.3) is 0 Å². The molecule has 0 amide bonds. The van der Waals surface area contributed by atoms with Crippen LogP contribution in [0.4, 0.5) is 0 Å². The topological polar surface area (TPSA) is 44.0 Å². The van der Waals surface area contributed by atoms with E-state index in [1.54, 1.807) is 0 Å². The number of nitriles is 1. The Labute approximate surface area is 64.8 Å². The second-order valence-corrected chi connectivity index (χ2v) is 4.61. The molecule has 0 heterocycles. The van der Waals surface area contributed by atoms with Gasteiger partial charge in [0.2, 0.25) is 0 Å². The summed E-state index contributed by atoms with van der Waals surface area (Å²) in [5.41, 5.74) is 0. The molecule has 4 saturated carbocycles. The molecule has 0 bridgehead atoms. The zero-order valence-electron chi connectivity index (χ0n) is 6.01. The first-order valence-corrected chi connectivity index (χ1v) is 4.44. The Hall–Kier alpha value is -0.550. The SMILES string of the molecule is N#C[C@@H]1[C@@H]2C3[C@@H]4C([C@@H]34)[C@H](O)[C@H]12. The average molecular weight is 147 g/mol. The van der Waals surface area contributed by atoms with Crippen molar-refractivity contribution in [3.63, 3.8) is 0 Å². The highest BCUT2D eigenvalue weighted by Gasteiger charge is 2.87. The van der Waals surface area contributed by atoms with E-state index in [4.69, 9.17) is 5.26 Å². The van der Waals surface area contributed by atoms with Crippen LogP contribution in [0.3, 0.4) is 0 Å². The Morgan fingerprint density at radius 3 is 2.18 bits per heavy atom. The number of aliphatic hydroxyl groups is 1. The molecule has 0 saturated heterocycles. The summed E-state index contributed by atoms with van der Waals surface area (Å²) in [5, 5.41) is 18.4. The van der Waals surface area contributed by atoms with Gasteiger partial charge in [-0.3, -0.25) is 0 Å². The molecule has 6 atom stereocenters. The van der Waals surface area contributed by atoms with Gasteiger partial charge in [-0.05, 0) is 29.6 Å². The predicted octanol–water partition coefficient (Wildman–Crippen LogP) is 0.239. The van der Waals surface area contributed by atoms with Gasteiger partial charge in [0.1, 0.15) is 0 Å². The van der Waals surface area contributed by atoms with E-state index in [0.717, 1.165) is 17.8 Å². The first-order chi connectivity index (χ1) is 5.36. The van der Waals surface area contributed by atoms with E-state index >= 15 is 0 Å². The van der Waals surface area contributed by atoms with Gasteiger partial charge in [-0.1, -0.05) is 0 Å². The number of nitrogens with zero attached hydrogens (tertiary/aromatic N) is 1. The molecular formula is C9H9NO. The van der Waals surface area contributed by atoms with Gasteiger partial charge in [0.25, 0.3) is 0 Å². The maximum atomic E-state index is 9.70. The lowest BCUT2D eigenvalue weighted by atomic mass is 9.86. The Balaban J connectivity index is 1.75. The standard InChI is InChI=1S/C9H9NO/c10-1-2-3-4(2)9(11)8-6-5(3)7(6)8/h2-9,11H/t2-,3+,4-,5?,6+,7+,8?,9-/m1/s1. The van der Waals surface area contributed by atoms with Gasteiger partial charge in [0.15, 0.2) is 0 Å². The third-order valence-electron chi connectivity index (χ3n) is 4.46. The molecule has 1 N–H and O–H groups in total. The van der Waals surface area contributed by atoms with E-state index in [1.165, 1.54) is 0 Å². The Morgan fingerprint density at radius 1 is 0.909 bits per heavy atom. The fraction of sp³-hybridized carbons (Fsp3) is 0.889. The molecule has 4 rings (SSSR count). The van der Waals surface area contributed by atoms with Gasteiger partial charge in [-0.25, -0.2) is 0 Å². The maximum absolute atomic E-state index is 9.70. The minimum absolute atomic E-state index is 0.0929. The van der Waals surface area contributed by atoms with Crippen LogP contribution in [0.1, 0.15) is 0 Å². The van der Waals surface area contributed by atoms with E-state index in [1.807, 2.05) is 0 Å². The third-order valence-corrected chi connectivity index (χ3v) is 4.46. The van der Waals surface area contributed by atoms with Gasteiger partial charge in [0.05, 0.1) is 18.1 Å². The van der Waals surface area contributed by atoms with Gasteiger partial charge < -0.3 is 5.11 Å². The first kappa shape index (κ1) is 5.16. The molecule has 4 aliphatic rings. The molecule has 0 aromatic carbocycles. The largest absolute Gasteiger partial charge is 0.392 e. The van der Waals surface area contributed by atoms with Crippen LogP contribution < -0.4 is 0 Å². The molecular weight excluding hydrogens is 138 g/mol. The molecule has 4 aliphatic carbocycles. The summed E-state index contributed by atoms with van der Waals surface area (Å²) in [6, 6.07) is 2.32. The van der Waals surface area contributed by atoms with Gasteiger partial charge in [0, 0.05) is 5.92 Å². The van der Waals surface area contributed by atoms with Gasteiger partial charge in [-0.15, -0.1) is 0 Å². The summed E-state index contributed by atoms with van der Waals surface area (Å²) in [7, 11) is 0. The number of hydrogen-bond donors (Lipinski definition) is 1. The minimum Gasteiger partial charge on any atom is -0.392 e. The summed E-state index contributed by atoms with van der Waals surface area (Å²) in [6.07, 6.45) is -0.0929. The van der Waals surface area contributed by atoms with Gasteiger partial charge in [-0.2, -0.15) is 5.26 Å². The molecule has 56 valence electrons.